The lowest BCUT2D eigenvalue weighted by molar-refractivity contribution is -0.137. The van der Waals surface area contributed by atoms with Gasteiger partial charge < -0.3 is 20.2 Å². The highest BCUT2D eigenvalue weighted by atomic mass is 35.5. The van der Waals surface area contributed by atoms with Gasteiger partial charge in [-0.1, -0.05) is 41.9 Å². The molecule has 0 saturated heterocycles. The van der Waals surface area contributed by atoms with Crippen LogP contribution in [0.2, 0.25) is 5.02 Å². The third kappa shape index (κ3) is 6.90. The Morgan fingerprint density at radius 2 is 1.69 bits per heavy atom. The van der Waals surface area contributed by atoms with E-state index < -0.39 is 11.9 Å². The summed E-state index contributed by atoms with van der Waals surface area (Å²) >= 11 is 6.16. The summed E-state index contributed by atoms with van der Waals surface area (Å²) in [6.45, 7) is 2.83. The van der Waals surface area contributed by atoms with Crippen LogP contribution in [0.4, 0.5) is 17.1 Å². The number of aliphatic imine (C=N–C) groups is 1. The largest absolute Gasteiger partial charge is 0.481 e. The lowest BCUT2D eigenvalue weighted by Crippen LogP contribution is -2.35. The number of rotatable bonds is 10. The number of benzene rings is 3. The fraction of sp³-hybridized carbons (Fsp3) is 0.267. The van der Waals surface area contributed by atoms with E-state index >= 15 is 0 Å². The van der Waals surface area contributed by atoms with E-state index in [0.717, 1.165) is 28.9 Å². The molecule has 1 unspecified atom stereocenters. The molecule has 202 valence electrons. The summed E-state index contributed by atoms with van der Waals surface area (Å²) in [6, 6.07) is 20.1. The molecule has 39 heavy (non-hydrogen) atoms. The van der Waals surface area contributed by atoms with Gasteiger partial charge in [0.25, 0.3) is 0 Å². The van der Waals surface area contributed by atoms with Gasteiger partial charge in [-0.05, 0) is 73.6 Å². The van der Waals surface area contributed by atoms with Crippen LogP contribution in [0.3, 0.4) is 0 Å². The number of likely N-dealkylation sites (N-methyl/N-ethyl adjacent to an activating group) is 1. The Labute approximate surface area is 232 Å². The van der Waals surface area contributed by atoms with Crippen molar-refractivity contribution in [1.29, 1.82) is 0 Å². The topological polar surface area (TPSA) is 102 Å². The predicted octanol–water partition coefficient (Wildman–Crippen LogP) is 5.13. The summed E-state index contributed by atoms with van der Waals surface area (Å²) < 4.78 is 0. The zero-order chi connectivity index (χ0) is 28.1. The first-order valence-electron chi connectivity index (χ1n) is 12.7. The van der Waals surface area contributed by atoms with Gasteiger partial charge in [-0.15, -0.1) is 0 Å². The molecule has 2 amide bonds. The smallest absolute Gasteiger partial charge is 0.303 e. The van der Waals surface area contributed by atoms with E-state index in [1.54, 1.807) is 24.0 Å². The number of nitrogens with one attached hydrogen (secondary N) is 1. The quantitative estimate of drug-likeness (QED) is 0.343. The maximum absolute atomic E-state index is 13.2. The highest BCUT2D eigenvalue weighted by molar-refractivity contribution is 6.31. The van der Waals surface area contributed by atoms with Gasteiger partial charge in [0.05, 0.1) is 11.4 Å². The Morgan fingerprint density at radius 3 is 2.31 bits per heavy atom. The van der Waals surface area contributed by atoms with E-state index in [0.29, 0.717) is 35.1 Å². The minimum absolute atomic E-state index is 0.0393. The van der Waals surface area contributed by atoms with Crippen molar-refractivity contribution in [3.63, 3.8) is 0 Å². The molecule has 3 aromatic rings. The number of amides is 2. The number of nitrogens with zero attached hydrogens (tertiary/aromatic N) is 3. The Morgan fingerprint density at radius 1 is 1.00 bits per heavy atom. The number of hydrogen-bond acceptors (Lipinski definition) is 5. The zero-order valence-corrected chi connectivity index (χ0v) is 22.9. The first-order valence-corrected chi connectivity index (χ1v) is 13.0. The number of halogens is 1. The Bertz CT molecular complexity index is 1400. The SMILES string of the molecule is CC(=O)N(CCN(C)C)c1ccc(N=C(c2ccc(CCC(=O)O)cc2)C2C(=O)Nc3cc(Cl)ccc32)cc1. The molecule has 1 heterocycles. The van der Waals surface area contributed by atoms with E-state index in [9.17, 15) is 14.4 Å². The molecule has 0 radical (unpaired) electrons. The summed E-state index contributed by atoms with van der Waals surface area (Å²) in [5.74, 6) is -1.76. The number of carbonyl (C=O) groups excluding carboxylic acids is 2. The van der Waals surface area contributed by atoms with Crippen LogP contribution in [0, 0.1) is 0 Å². The van der Waals surface area contributed by atoms with Crippen molar-refractivity contribution >= 4 is 52.2 Å². The molecule has 1 aliphatic heterocycles. The molecule has 2 N–H and O–H groups in total. The van der Waals surface area contributed by atoms with E-state index in [2.05, 4.69) is 5.32 Å². The van der Waals surface area contributed by atoms with Gasteiger partial charge in [-0.25, -0.2) is 0 Å². The Balaban J connectivity index is 1.72. The van der Waals surface area contributed by atoms with E-state index in [4.69, 9.17) is 21.7 Å². The second-order valence-electron chi connectivity index (χ2n) is 9.73. The van der Waals surface area contributed by atoms with Gasteiger partial charge in [0.1, 0.15) is 5.92 Å². The molecule has 0 spiro atoms. The number of anilines is 2. The normalized spacial score (nSPS) is 14.7. The van der Waals surface area contributed by atoms with Crippen molar-refractivity contribution in [3.05, 3.63) is 88.4 Å². The van der Waals surface area contributed by atoms with Gasteiger partial charge in [0.15, 0.2) is 0 Å². The Hall–Kier alpha value is -4.01. The fourth-order valence-corrected chi connectivity index (χ4v) is 4.68. The van der Waals surface area contributed by atoms with Crippen LogP contribution in [0.1, 0.15) is 36.0 Å². The molecule has 8 nitrogen and oxygen atoms in total. The van der Waals surface area contributed by atoms with Crippen molar-refractivity contribution in [1.82, 2.24) is 4.90 Å². The fourth-order valence-electron chi connectivity index (χ4n) is 4.51. The molecule has 3 aromatic carbocycles. The highest BCUT2D eigenvalue weighted by Crippen LogP contribution is 2.38. The van der Waals surface area contributed by atoms with Crippen LogP contribution in [0.25, 0.3) is 0 Å². The average molecular weight is 547 g/mol. The van der Waals surface area contributed by atoms with Crippen molar-refractivity contribution in [3.8, 4) is 0 Å². The third-order valence-corrected chi connectivity index (χ3v) is 6.79. The summed E-state index contributed by atoms with van der Waals surface area (Å²) in [7, 11) is 3.92. The number of aryl methyl sites for hydroxylation is 1. The number of carboxylic acid groups (broad SMARTS) is 1. The minimum atomic E-state index is -0.854. The molecule has 0 fully saturated rings. The summed E-state index contributed by atoms with van der Waals surface area (Å²) in [6.07, 6.45) is 0.451. The second kappa shape index (κ2) is 12.2. The molecule has 0 bridgehead atoms. The second-order valence-corrected chi connectivity index (χ2v) is 10.2. The summed E-state index contributed by atoms with van der Waals surface area (Å²) in [4.78, 5) is 45.1. The molecule has 1 atom stereocenters. The van der Waals surface area contributed by atoms with Crippen LogP contribution in [-0.4, -0.2) is 60.7 Å². The number of carbonyl (C=O) groups is 3. The third-order valence-electron chi connectivity index (χ3n) is 6.56. The summed E-state index contributed by atoms with van der Waals surface area (Å²) in [5.41, 5.74) is 5.02. The molecule has 0 saturated carbocycles. The maximum Gasteiger partial charge on any atom is 0.303 e. The standard InChI is InChI=1S/C30H31ClN4O4/c1-19(36)35(17-16-34(2)3)24-12-10-23(11-13-24)32-29(21-7-4-20(5-8-21)6-15-27(37)38)28-25-14-9-22(31)18-26(25)33-30(28)39/h4-5,7-14,18,28H,6,15-17H2,1-3H3,(H,33,39)(H,37,38). The summed E-state index contributed by atoms with van der Waals surface area (Å²) in [5, 5.41) is 12.4. The van der Waals surface area contributed by atoms with Crippen LogP contribution in [-0.2, 0) is 20.8 Å². The number of hydrogen-bond donors (Lipinski definition) is 2. The molecule has 0 aromatic heterocycles. The number of fused-ring (bicyclic) bond motifs is 1. The molecule has 1 aliphatic rings. The zero-order valence-electron chi connectivity index (χ0n) is 22.1. The Kier molecular flexibility index (Phi) is 8.79. The first kappa shape index (κ1) is 28.0. The van der Waals surface area contributed by atoms with Crippen molar-refractivity contribution in [2.24, 2.45) is 4.99 Å². The van der Waals surface area contributed by atoms with E-state index in [-0.39, 0.29) is 18.2 Å². The number of aliphatic carboxylic acids is 1. The average Bonchev–Trinajstić information content (AvgIpc) is 3.21. The van der Waals surface area contributed by atoms with Crippen molar-refractivity contribution in [2.45, 2.75) is 25.7 Å². The highest BCUT2D eigenvalue weighted by Gasteiger charge is 2.35. The molecular formula is C30H31ClN4O4. The van der Waals surface area contributed by atoms with Crippen LogP contribution < -0.4 is 10.2 Å². The van der Waals surface area contributed by atoms with Gasteiger partial charge in [-0.2, -0.15) is 0 Å². The van der Waals surface area contributed by atoms with E-state index in [1.807, 2.05) is 73.6 Å². The predicted molar refractivity (Wildman–Crippen MR) is 154 cm³/mol. The van der Waals surface area contributed by atoms with Crippen LogP contribution in [0.15, 0.2) is 71.7 Å². The molecular weight excluding hydrogens is 516 g/mol. The van der Waals surface area contributed by atoms with Crippen LogP contribution >= 0.6 is 11.6 Å². The first-order chi connectivity index (χ1) is 18.6. The van der Waals surface area contributed by atoms with Crippen LogP contribution in [0.5, 0.6) is 0 Å². The lowest BCUT2D eigenvalue weighted by Gasteiger charge is -2.23. The van der Waals surface area contributed by atoms with Gasteiger partial charge in [-0.3, -0.25) is 19.4 Å². The minimum Gasteiger partial charge on any atom is -0.481 e. The number of carboxylic acids is 1. The van der Waals surface area contributed by atoms with Crippen molar-refractivity contribution in [2.75, 3.05) is 37.4 Å². The maximum atomic E-state index is 13.2. The van der Waals surface area contributed by atoms with Crippen molar-refractivity contribution < 1.29 is 19.5 Å². The molecule has 0 aliphatic carbocycles. The molecule has 9 heteroatoms. The van der Waals surface area contributed by atoms with Gasteiger partial charge in [0.2, 0.25) is 11.8 Å². The van der Waals surface area contributed by atoms with E-state index in [1.165, 1.54) is 0 Å². The van der Waals surface area contributed by atoms with Gasteiger partial charge >= 0.3 is 5.97 Å². The lowest BCUT2D eigenvalue weighted by atomic mass is 9.90. The van der Waals surface area contributed by atoms with Gasteiger partial charge in [0, 0.05) is 42.8 Å². The monoisotopic (exact) mass is 546 g/mol. The molecule has 4 rings (SSSR count).